The molecule has 1 aromatic heterocycles. The lowest BCUT2D eigenvalue weighted by Crippen LogP contribution is -2.41. The van der Waals surface area contributed by atoms with Crippen LogP contribution in [-0.4, -0.2) is 68.8 Å². The first-order chi connectivity index (χ1) is 18.4. The Labute approximate surface area is 223 Å². The standard InChI is InChI=1S/C25H27F3N6O4S/c1-33(39(2,36)37)21-6-4-3-5-20(21)31-23-19(25(26,27)28)16-29-24(32-23)30-18-9-7-17(8-10-18)15-22(35)34-11-13-38-14-12-34/h3-10,16H,11-15H2,1-2H3,(H2,29,30,31,32). The maximum atomic E-state index is 13.8. The lowest BCUT2D eigenvalue weighted by atomic mass is 10.1. The topological polar surface area (TPSA) is 117 Å². The van der Waals surface area contributed by atoms with Crippen LogP contribution in [0.2, 0.25) is 0 Å². The molecule has 4 rings (SSSR count). The quantitative estimate of drug-likeness (QED) is 0.425. The number of alkyl halides is 3. The number of rotatable bonds is 8. The number of morpholine rings is 1. The van der Waals surface area contributed by atoms with E-state index in [9.17, 15) is 26.4 Å². The number of benzene rings is 2. The van der Waals surface area contributed by atoms with Crippen molar-refractivity contribution in [3.8, 4) is 0 Å². The number of para-hydroxylation sites is 2. The van der Waals surface area contributed by atoms with Crippen molar-refractivity contribution in [1.82, 2.24) is 14.9 Å². The second kappa shape index (κ2) is 11.5. The molecule has 0 atom stereocenters. The van der Waals surface area contributed by atoms with Gasteiger partial charge in [-0.1, -0.05) is 24.3 Å². The van der Waals surface area contributed by atoms with Crippen molar-refractivity contribution >= 4 is 44.8 Å². The van der Waals surface area contributed by atoms with Gasteiger partial charge in [0.25, 0.3) is 0 Å². The molecular formula is C25H27F3N6O4S. The Morgan fingerprint density at radius 2 is 1.74 bits per heavy atom. The third kappa shape index (κ3) is 7.15. The number of carbonyl (C=O) groups is 1. The zero-order valence-corrected chi connectivity index (χ0v) is 22.0. The van der Waals surface area contributed by atoms with Gasteiger partial charge in [0.1, 0.15) is 11.4 Å². The van der Waals surface area contributed by atoms with E-state index in [0.29, 0.717) is 38.2 Å². The fraction of sp³-hybridized carbons (Fsp3) is 0.320. The van der Waals surface area contributed by atoms with Crippen LogP contribution in [0.5, 0.6) is 0 Å². The molecule has 2 heterocycles. The molecule has 2 N–H and O–H groups in total. The minimum atomic E-state index is -4.77. The van der Waals surface area contributed by atoms with Gasteiger partial charge >= 0.3 is 6.18 Å². The van der Waals surface area contributed by atoms with Gasteiger partial charge < -0.3 is 20.3 Å². The number of anilines is 5. The minimum Gasteiger partial charge on any atom is -0.378 e. The van der Waals surface area contributed by atoms with Gasteiger partial charge in [-0.3, -0.25) is 9.10 Å². The number of nitrogens with zero attached hydrogens (tertiary/aromatic N) is 4. The zero-order chi connectivity index (χ0) is 28.2. The zero-order valence-electron chi connectivity index (χ0n) is 21.2. The summed E-state index contributed by atoms with van der Waals surface area (Å²) in [5, 5.41) is 5.49. The van der Waals surface area contributed by atoms with E-state index in [4.69, 9.17) is 4.74 Å². The van der Waals surface area contributed by atoms with Crippen LogP contribution in [0.3, 0.4) is 0 Å². The summed E-state index contributed by atoms with van der Waals surface area (Å²) >= 11 is 0. The molecule has 0 bridgehead atoms. The first-order valence-corrected chi connectivity index (χ1v) is 13.7. The Balaban J connectivity index is 1.55. The number of aromatic nitrogens is 2. The van der Waals surface area contributed by atoms with Crippen molar-refractivity contribution in [2.24, 2.45) is 0 Å². The van der Waals surface area contributed by atoms with Gasteiger partial charge in [0.05, 0.1) is 37.3 Å². The van der Waals surface area contributed by atoms with E-state index < -0.39 is 27.6 Å². The fourth-order valence-electron chi connectivity index (χ4n) is 3.84. The maximum absolute atomic E-state index is 13.8. The Kier molecular flexibility index (Phi) is 8.25. The molecule has 14 heteroatoms. The molecule has 3 aromatic rings. The van der Waals surface area contributed by atoms with Crippen molar-refractivity contribution < 1.29 is 31.1 Å². The molecule has 208 valence electrons. The summed E-state index contributed by atoms with van der Waals surface area (Å²) < 4.78 is 71.6. The number of sulfonamides is 1. The molecule has 1 aliphatic heterocycles. The molecule has 1 amide bonds. The maximum Gasteiger partial charge on any atom is 0.421 e. The van der Waals surface area contributed by atoms with Gasteiger partial charge in [0, 0.05) is 32.0 Å². The van der Waals surface area contributed by atoms with Gasteiger partial charge in [0.2, 0.25) is 21.9 Å². The lowest BCUT2D eigenvalue weighted by Gasteiger charge is -2.26. The molecule has 2 aromatic carbocycles. The number of ether oxygens (including phenoxy) is 1. The van der Waals surface area contributed by atoms with E-state index in [1.54, 1.807) is 41.3 Å². The number of amides is 1. The van der Waals surface area contributed by atoms with E-state index in [1.165, 1.54) is 19.2 Å². The van der Waals surface area contributed by atoms with Crippen LogP contribution in [0.15, 0.2) is 54.7 Å². The fourth-order valence-corrected chi connectivity index (χ4v) is 4.36. The Hall–Kier alpha value is -3.91. The summed E-state index contributed by atoms with van der Waals surface area (Å²) in [5.74, 6) is -0.679. The highest BCUT2D eigenvalue weighted by Gasteiger charge is 2.35. The molecule has 0 unspecified atom stereocenters. The number of carbonyl (C=O) groups excluding carboxylic acids is 1. The van der Waals surface area contributed by atoms with Crippen LogP contribution >= 0.6 is 0 Å². The molecule has 39 heavy (non-hydrogen) atoms. The second-order valence-electron chi connectivity index (χ2n) is 8.82. The summed E-state index contributed by atoms with van der Waals surface area (Å²) in [6, 6.07) is 12.9. The first-order valence-electron chi connectivity index (χ1n) is 11.9. The Bertz CT molecular complexity index is 1430. The van der Waals surface area contributed by atoms with Gasteiger partial charge in [-0.25, -0.2) is 13.4 Å². The third-order valence-corrected chi connectivity index (χ3v) is 7.21. The Morgan fingerprint density at radius 1 is 1.08 bits per heavy atom. The van der Waals surface area contributed by atoms with E-state index >= 15 is 0 Å². The second-order valence-corrected chi connectivity index (χ2v) is 10.8. The van der Waals surface area contributed by atoms with Gasteiger partial charge in [-0.05, 0) is 29.8 Å². The van der Waals surface area contributed by atoms with Gasteiger partial charge in [-0.2, -0.15) is 18.2 Å². The summed E-state index contributed by atoms with van der Waals surface area (Å²) in [4.78, 5) is 22.0. The van der Waals surface area contributed by atoms with E-state index in [-0.39, 0.29) is 29.7 Å². The molecule has 0 saturated carbocycles. The van der Waals surface area contributed by atoms with Crippen molar-refractivity contribution in [3.63, 3.8) is 0 Å². The van der Waals surface area contributed by atoms with Crippen molar-refractivity contribution in [3.05, 3.63) is 65.9 Å². The highest BCUT2D eigenvalue weighted by atomic mass is 32.2. The Morgan fingerprint density at radius 3 is 2.38 bits per heavy atom. The molecule has 1 aliphatic rings. The average molecular weight is 565 g/mol. The third-order valence-electron chi connectivity index (χ3n) is 6.02. The molecule has 0 spiro atoms. The van der Waals surface area contributed by atoms with Crippen LogP contribution in [0.25, 0.3) is 0 Å². The van der Waals surface area contributed by atoms with Crippen LogP contribution in [-0.2, 0) is 32.2 Å². The number of hydrogen-bond donors (Lipinski definition) is 2. The SMILES string of the molecule is CN(c1ccccc1Nc1nc(Nc2ccc(CC(=O)N3CCOCC3)cc2)ncc1C(F)(F)F)S(C)(=O)=O. The van der Waals surface area contributed by atoms with Crippen LogP contribution in [0, 0.1) is 0 Å². The number of hydrogen-bond acceptors (Lipinski definition) is 8. The van der Waals surface area contributed by atoms with Gasteiger partial charge in [0.15, 0.2) is 0 Å². The molecule has 1 fully saturated rings. The van der Waals surface area contributed by atoms with Crippen molar-refractivity contribution in [2.75, 3.05) is 54.5 Å². The first kappa shape index (κ1) is 28.1. The lowest BCUT2D eigenvalue weighted by molar-refractivity contribution is -0.137. The van der Waals surface area contributed by atoms with Crippen LogP contribution < -0.4 is 14.9 Å². The highest BCUT2D eigenvalue weighted by Crippen LogP contribution is 2.37. The predicted octanol–water partition coefficient (Wildman–Crippen LogP) is 3.78. The summed E-state index contributed by atoms with van der Waals surface area (Å²) in [5.41, 5.74) is 0.403. The van der Waals surface area contributed by atoms with Gasteiger partial charge in [-0.15, -0.1) is 0 Å². The molecule has 10 nitrogen and oxygen atoms in total. The predicted molar refractivity (Wildman–Crippen MR) is 141 cm³/mol. The number of halogens is 3. The summed E-state index contributed by atoms with van der Waals surface area (Å²) in [7, 11) is -2.38. The highest BCUT2D eigenvalue weighted by molar-refractivity contribution is 7.92. The number of nitrogens with one attached hydrogen (secondary N) is 2. The summed E-state index contributed by atoms with van der Waals surface area (Å²) in [6.45, 7) is 2.13. The normalized spacial score (nSPS) is 14.1. The molecular weight excluding hydrogens is 537 g/mol. The van der Waals surface area contributed by atoms with Crippen molar-refractivity contribution in [1.29, 1.82) is 0 Å². The molecule has 1 saturated heterocycles. The molecule has 0 aliphatic carbocycles. The minimum absolute atomic E-state index is 0.0115. The van der Waals surface area contributed by atoms with E-state index in [1.807, 2.05) is 0 Å². The average Bonchev–Trinajstić information content (AvgIpc) is 2.89. The monoisotopic (exact) mass is 564 g/mol. The summed E-state index contributed by atoms with van der Waals surface area (Å²) in [6.07, 6.45) is -2.92. The van der Waals surface area contributed by atoms with E-state index in [2.05, 4.69) is 20.6 Å². The van der Waals surface area contributed by atoms with Crippen LogP contribution in [0.4, 0.5) is 42.0 Å². The van der Waals surface area contributed by atoms with E-state index in [0.717, 1.165) is 16.1 Å². The largest absolute Gasteiger partial charge is 0.421 e. The van der Waals surface area contributed by atoms with Crippen molar-refractivity contribution in [2.45, 2.75) is 12.6 Å². The smallest absolute Gasteiger partial charge is 0.378 e. The van der Waals surface area contributed by atoms with Crippen LogP contribution in [0.1, 0.15) is 11.1 Å². The molecule has 0 radical (unpaired) electrons.